The first-order chi connectivity index (χ1) is 9.43. The summed E-state index contributed by atoms with van der Waals surface area (Å²) in [6.07, 6.45) is 0.841. The van der Waals surface area contributed by atoms with Crippen LogP contribution in [0.4, 0.5) is 0 Å². The van der Waals surface area contributed by atoms with Crippen molar-refractivity contribution in [3.05, 3.63) is 34.3 Å². The zero-order valence-electron chi connectivity index (χ0n) is 11.3. The molecule has 0 aliphatic heterocycles. The van der Waals surface area contributed by atoms with Gasteiger partial charge in [0.05, 0.1) is 5.75 Å². The molecular formula is C14H18BrNO3S. The van der Waals surface area contributed by atoms with Crippen LogP contribution in [0.25, 0.3) is 0 Å². The first kappa shape index (κ1) is 15.5. The molecule has 4 nitrogen and oxygen atoms in total. The zero-order chi connectivity index (χ0) is 14.8. The number of amides is 1. The van der Waals surface area contributed by atoms with Gasteiger partial charge >= 0.3 is 0 Å². The largest absolute Gasteiger partial charge is 0.355 e. The second-order valence-electron chi connectivity index (χ2n) is 5.03. The van der Waals surface area contributed by atoms with Gasteiger partial charge in [0, 0.05) is 22.7 Å². The van der Waals surface area contributed by atoms with Crippen molar-refractivity contribution in [2.75, 3.05) is 18.1 Å². The number of halogens is 1. The van der Waals surface area contributed by atoms with Gasteiger partial charge in [-0.3, -0.25) is 4.79 Å². The van der Waals surface area contributed by atoms with Gasteiger partial charge in [0.25, 0.3) is 0 Å². The molecule has 1 N–H and O–H groups in total. The highest BCUT2D eigenvalue weighted by Crippen LogP contribution is 2.47. The molecule has 0 bridgehead atoms. The van der Waals surface area contributed by atoms with Gasteiger partial charge in [-0.1, -0.05) is 35.0 Å². The summed E-state index contributed by atoms with van der Waals surface area (Å²) >= 11 is 3.38. The molecule has 110 valence electrons. The standard InChI is InChI=1S/C14H18BrNO3S/c1-2-20(18,19)8-7-16-14(17)13-9-12(13)10-3-5-11(15)6-4-10/h3-6,12-13H,2,7-9H2,1H3,(H,16,17). The van der Waals surface area contributed by atoms with Gasteiger partial charge in [-0.25, -0.2) is 8.42 Å². The van der Waals surface area contributed by atoms with E-state index < -0.39 is 9.84 Å². The van der Waals surface area contributed by atoms with Crippen molar-refractivity contribution in [3.63, 3.8) is 0 Å². The third-order valence-electron chi connectivity index (χ3n) is 3.58. The minimum absolute atomic E-state index is 0.0134. The number of carbonyl (C=O) groups excluding carboxylic acids is 1. The normalized spacial score (nSPS) is 21.5. The molecule has 0 radical (unpaired) electrons. The van der Waals surface area contributed by atoms with Crippen LogP contribution >= 0.6 is 15.9 Å². The van der Waals surface area contributed by atoms with Crippen LogP contribution in [-0.2, 0) is 14.6 Å². The topological polar surface area (TPSA) is 63.2 Å². The van der Waals surface area contributed by atoms with Crippen molar-refractivity contribution in [1.29, 1.82) is 0 Å². The predicted molar refractivity (Wildman–Crippen MR) is 82.3 cm³/mol. The molecule has 1 aromatic carbocycles. The molecule has 1 saturated carbocycles. The summed E-state index contributed by atoms with van der Waals surface area (Å²) in [5, 5.41) is 2.72. The van der Waals surface area contributed by atoms with Crippen LogP contribution in [-0.4, -0.2) is 32.4 Å². The Bertz CT molecular complexity index is 583. The van der Waals surface area contributed by atoms with Gasteiger partial charge in [0.2, 0.25) is 5.91 Å². The number of hydrogen-bond acceptors (Lipinski definition) is 3. The number of hydrogen-bond donors (Lipinski definition) is 1. The molecule has 0 heterocycles. The van der Waals surface area contributed by atoms with Gasteiger partial charge in [-0.15, -0.1) is 0 Å². The Morgan fingerprint density at radius 2 is 2.00 bits per heavy atom. The van der Waals surface area contributed by atoms with E-state index in [0.29, 0.717) is 0 Å². The van der Waals surface area contributed by atoms with Crippen LogP contribution in [0.2, 0.25) is 0 Å². The number of carbonyl (C=O) groups is 1. The van der Waals surface area contributed by atoms with Gasteiger partial charge in [-0.05, 0) is 30.0 Å². The highest BCUT2D eigenvalue weighted by molar-refractivity contribution is 9.10. The summed E-state index contributed by atoms with van der Waals surface area (Å²) in [4.78, 5) is 11.9. The molecule has 1 aliphatic rings. The van der Waals surface area contributed by atoms with E-state index in [-0.39, 0.29) is 35.8 Å². The Balaban J connectivity index is 1.80. The molecule has 0 saturated heterocycles. The number of nitrogens with one attached hydrogen (secondary N) is 1. The van der Waals surface area contributed by atoms with Crippen LogP contribution in [0.3, 0.4) is 0 Å². The molecule has 2 rings (SSSR count). The lowest BCUT2D eigenvalue weighted by atomic mass is 10.1. The first-order valence-electron chi connectivity index (χ1n) is 6.66. The summed E-state index contributed by atoms with van der Waals surface area (Å²) in [7, 11) is -3.01. The summed E-state index contributed by atoms with van der Waals surface area (Å²) in [6, 6.07) is 7.97. The van der Waals surface area contributed by atoms with Gasteiger partial charge in [0.15, 0.2) is 9.84 Å². The number of benzene rings is 1. The van der Waals surface area contributed by atoms with Crippen LogP contribution in [0.5, 0.6) is 0 Å². The highest BCUT2D eigenvalue weighted by Gasteiger charge is 2.43. The fourth-order valence-electron chi connectivity index (χ4n) is 2.17. The molecule has 2 atom stereocenters. The minimum Gasteiger partial charge on any atom is -0.355 e. The Morgan fingerprint density at radius 1 is 1.35 bits per heavy atom. The second kappa shape index (κ2) is 6.26. The lowest BCUT2D eigenvalue weighted by Crippen LogP contribution is -2.31. The van der Waals surface area contributed by atoms with E-state index in [1.165, 1.54) is 0 Å². The third-order valence-corrected chi connectivity index (χ3v) is 5.81. The van der Waals surface area contributed by atoms with Crippen LogP contribution in [0.1, 0.15) is 24.8 Å². The monoisotopic (exact) mass is 359 g/mol. The average molecular weight is 360 g/mol. The Hall–Kier alpha value is -0.880. The number of sulfone groups is 1. The number of rotatable bonds is 6. The minimum atomic E-state index is -3.01. The lowest BCUT2D eigenvalue weighted by Gasteiger charge is -2.05. The van der Waals surface area contributed by atoms with Crippen LogP contribution in [0, 0.1) is 5.92 Å². The smallest absolute Gasteiger partial charge is 0.223 e. The molecule has 1 fully saturated rings. The molecular weight excluding hydrogens is 342 g/mol. The van der Waals surface area contributed by atoms with Gasteiger partial charge < -0.3 is 5.32 Å². The summed E-state index contributed by atoms with van der Waals surface area (Å²) < 4.78 is 23.7. The Labute approximate surface area is 128 Å². The average Bonchev–Trinajstić information content (AvgIpc) is 3.20. The molecule has 0 spiro atoms. The first-order valence-corrected chi connectivity index (χ1v) is 9.28. The van der Waals surface area contributed by atoms with E-state index in [2.05, 4.69) is 21.2 Å². The predicted octanol–water partition coefficient (Wildman–Crippen LogP) is 2.10. The van der Waals surface area contributed by atoms with E-state index in [1.807, 2.05) is 24.3 Å². The van der Waals surface area contributed by atoms with E-state index in [0.717, 1.165) is 16.5 Å². The summed E-state index contributed by atoms with van der Waals surface area (Å²) in [5.74, 6) is 0.356. The van der Waals surface area contributed by atoms with Crippen LogP contribution in [0.15, 0.2) is 28.7 Å². The molecule has 1 aliphatic carbocycles. The summed E-state index contributed by atoms with van der Waals surface area (Å²) in [5.41, 5.74) is 1.16. The zero-order valence-corrected chi connectivity index (χ0v) is 13.7. The van der Waals surface area contributed by atoms with Crippen molar-refractivity contribution >= 4 is 31.7 Å². The molecule has 1 aromatic rings. The fraction of sp³-hybridized carbons (Fsp3) is 0.500. The summed E-state index contributed by atoms with van der Waals surface area (Å²) in [6.45, 7) is 1.82. The molecule has 20 heavy (non-hydrogen) atoms. The third kappa shape index (κ3) is 4.06. The van der Waals surface area contributed by atoms with Crippen molar-refractivity contribution in [2.24, 2.45) is 5.92 Å². The van der Waals surface area contributed by atoms with Crippen molar-refractivity contribution in [2.45, 2.75) is 19.3 Å². The molecule has 2 unspecified atom stereocenters. The quantitative estimate of drug-likeness (QED) is 0.845. The van der Waals surface area contributed by atoms with E-state index in [4.69, 9.17) is 0 Å². The molecule has 1 amide bonds. The Morgan fingerprint density at radius 3 is 2.60 bits per heavy atom. The van der Waals surface area contributed by atoms with E-state index in [9.17, 15) is 13.2 Å². The SMILES string of the molecule is CCS(=O)(=O)CCNC(=O)C1CC1c1ccc(Br)cc1. The second-order valence-corrected chi connectivity index (χ2v) is 8.42. The fourth-order valence-corrected chi connectivity index (χ4v) is 3.13. The molecule has 0 aromatic heterocycles. The van der Waals surface area contributed by atoms with Gasteiger partial charge in [0.1, 0.15) is 0 Å². The maximum Gasteiger partial charge on any atom is 0.223 e. The highest BCUT2D eigenvalue weighted by atomic mass is 79.9. The Kier molecular flexibility index (Phi) is 4.86. The maximum atomic E-state index is 11.9. The lowest BCUT2D eigenvalue weighted by molar-refractivity contribution is -0.122. The van der Waals surface area contributed by atoms with E-state index >= 15 is 0 Å². The van der Waals surface area contributed by atoms with Crippen molar-refractivity contribution in [3.8, 4) is 0 Å². The van der Waals surface area contributed by atoms with Gasteiger partial charge in [-0.2, -0.15) is 0 Å². The van der Waals surface area contributed by atoms with Crippen molar-refractivity contribution < 1.29 is 13.2 Å². The van der Waals surface area contributed by atoms with Crippen LogP contribution < -0.4 is 5.32 Å². The van der Waals surface area contributed by atoms with E-state index in [1.54, 1.807) is 6.92 Å². The molecule has 6 heteroatoms. The maximum absolute atomic E-state index is 11.9. The van der Waals surface area contributed by atoms with Crippen molar-refractivity contribution in [1.82, 2.24) is 5.32 Å².